The summed E-state index contributed by atoms with van der Waals surface area (Å²) in [5.41, 5.74) is 14.1. The number of nitrogens with zero attached hydrogens (tertiary/aromatic N) is 9. The number of hydrogen-bond donors (Lipinski definition) is 5. The quantitative estimate of drug-likeness (QED) is 0.0142. The molecule has 0 fully saturated rings. The van der Waals surface area contributed by atoms with Crippen molar-refractivity contribution < 1.29 is 71.6 Å². The van der Waals surface area contributed by atoms with Crippen LogP contribution >= 0.6 is 0 Å². The molecular weight excluding hydrogens is 1410 g/mol. The van der Waals surface area contributed by atoms with Crippen LogP contribution in [0.4, 0.5) is 16.2 Å². The fraction of sp³-hybridized carbons (Fsp3) is 0.395. The molecule has 0 radical (unpaired) electrons. The maximum Gasteiger partial charge on any atom is 0.407 e. The largest absolute Gasteiger partial charge is 0.465 e. The molecule has 29 heteroatoms. The summed E-state index contributed by atoms with van der Waals surface area (Å²) in [5, 5.41) is 31.7. The predicted molar refractivity (Wildman–Crippen MR) is 411 cm³/mol. The maximum absolute atomic E-state index is 13.9. The van der Waals surface area contributed by atoms with Crippen LogP contribution in [0.1, 0.15) is 108 Å². The number of rotatable bonds is 36. The van der Waals surface area contributed by atoms with Crippen molar-refractivity contribution in [1.82, 2.24) is 61.5 Å². The van der Waals surface area contributed by atoms with Gasteiger partial charge in [-0.05, 0) is 76.6 Å². The average Bonchev–Trinajstić information content (AvgIpc) is 1.58. The van der Waals surface area contributed by atoms with Gasteiger partial charge in [0.25, 0.3) is 5.91 Å². The number of esters is 1. The summed E-state index contributed by atoms with van der Waals surface area (Å²) in [6.45, 7) is 8.06. The lowest BCUT2D eigenvalue weighted by atomic mass is 9.94. The zero-order valence-electron chi connectivity index (χ0n) is 63.1. The number of likely N-dealkylation sites (N-methyl/N-ethyl adjacent to an activating group) is 1. The highest BCUT2D eigenvalue weighted by molar-refractivity contribution is 6.03. The van der Waals surface area contributed by atoms with Crippen LogP contribution in [0.3, 0.4) is 0 Å². The average molecular weight is 1510 g/mol. The first kappa shape index (κ1) is 81.2. The number of alkyl carbamates (subject to hydrolysis) is 1. The number of ether oxygens (including phenoxy) is 6. The minimum Gasteiger partial charge on any atom is -0.465 e. The molecule has 29 nitrogen and oxygen atoms in total. The number of fused-ring (bicyclic) bond motifs is 13. The molecule has 8 aromatic rings. The van der Waals surface area contributed by atoms with Gasteiger partial charge in [0.15, 0.2) is 5.78 Å². The van der Waals surface area contributed by atoms with E-state index < -0.39 is 18.0 Å². The third kappa shape index (κ3) is 21.3. The second-order valence-corrected chi connectivity index (χ2v) is 26.4. The highest BCUT2D eigenvalue weighted by Crippen LogP contribution is 2.47. The van der Waals surface area contributed by atoms with Crippen molar-refractivity contribution in [2.24, 2.45) is 7.05 Å². The molecule has 110 heavy (non-hydrogen) atoms. The molecule has 5 N–H and O–H groups in total. The molecule has 11 rings (SSSR count). The van der Waals surface area contributed by atoms with E-state index in [0.29, 0.717) is 88.1 Å². The van der Waals surface area contributed by atoms with E-state index in [4.69, 9.17) is 28.4 Å². The number of carbonyl (C=O) groups excluding carboxylic acids is 9. The van der Waals surface area contributed by atoms with Crippen molar-refractivity contribution in [3.8, 4) is 56.2 Å². The van der Waals surface area contributed by atoms with Crippen LogP contribution < -0.4 is 36.4 Å². The van der Waals surface area contributed by atoms with Gasteiger partial charge < -0.3 is 64.8 Å². The topological polar surface area (TPSA) is 340 Å². The van der Waals surface area contributed by atoms with E-state index in [9.17, 15) is 43.2 Å². The number of aryl methyl sites for hydroxylation is 1. The fourth-order valence-corrected chi connectivity index (χ4v) is 13.3. The van der Waals surface area contributed by atoms with E-state index in [1.54, 1.807) is 49.4 Å². The number of aromatic nitrogens is 6. The number of para-hydroxylation sites is 2. The fourth-order valence-electron chi connectivity index (χ4n) is 13.3. The summed E-state index contributed by atoms with van der Waals surface area (Å²) in [7, 11) is 6.46. The van der Waals surface area contributed by atoms with Gasteiger partial charge in [-0.3, -0.25) is 43.3 Å². The summed E-state index contributed by atoms with van der Waals surface area (Å²) >= 11 is 0. The zero-order chi connectivity index (χ0) is 77.9. The van der Waals surface area contributed by atoms with Crippen LogP contribution in [0.25, 0.3) is 56.2 Å². The van der Waals surface area contributed by atoms with E-state index in [-0.39, 0.29) is 132 Å². The molecule has 7 amide bonds. The lowest BCUT2D eigenvalue weighted by Crippen LogP contribution is -2.42. The molecule has 0 bridgehead atoms. The van der Waals surface area contributed by atoms with Crippen LogP contribution in [0.15, 0.2) is 133 Å². The van der Waals surface area contributed by atoms with Gasteiger partial charge in [-0.1, -0.05) is 120 Å². The number of methoxy groups -OCH3 is 2. The molecule has 3 aliphatic rings. The molecule has 1 atom stereocenters. The van der Waals surface area contributed by atoms with Crippen LogP contribution in [-0.4, -0.2) is 208 Å². The standard InChI is InChI=1S/C58H71N9O12.C23H25N5O3/c1-5-28-76-31-24-61-57(73)41-17-19-45-44-18-16-40(34-47(44)49(48(45)35-41)38-79-58(74)62-23-25-65(37-53(71)59-3)26-33-78-39(2)68)51(69)15-10-29-77-32-27-67-56-46-13-8-9-14-50(46)66(54(72)20-22-60-52(70)21-30-75-4)36-42-11-6-7-12-43(42)55(56)63-64-67;1-27-23-18-9-5-6-10-19(18)28(21(30)11-13-24-20(29)12-14-31-2)15-16-7-3-4-8-17(16)22(23)25-26-27/h6-9,11-14,16-19,34-35,49H,5,10,15,20-33,36-38H2,1-4H3,(H,59,71)(H,60,70)(H,61,73)(H,62,74);3-10H,11-15H2,1-2H3,(H,24,29). The first-order chi connectivity index (χ1) is 53.5. The second-order valence-electron chi connectivity index (χ2n) is 26.4. The van der Waals surface area contributed by atoms with Crippen molar-refractivity contribution in [1.29, 1.82) is 0 Å². The molecule has 580 valence electrons. The van der Waals surface area contributed by atoms with Crippen molar-refractivity contribution in [3.63, 3.8) is 0 Å². The molecule has 0 saturated heterocycles. The molecule has 0 spiro atoms. The number of nitrogens with one attached hydrogen (secondary N) is 5. The Morgan fingerprint density at radius 2 is 1.07 bits per heavy atom. The van der Waals surface area contributed by atoms with Crippen molar-refractivity contribution in [3.05, 3.63) is 167 Å². The number of ketones is 1. The summed E-state index contributed by atoms with van der Waals surface area (Å²) in [4.78, 5) is 120. The van der Waals surface area contributed by atoms with Gasteiger partial charge in [0.05, 0.1) is 75.4 Å². The summed E-state index contributed by atoms with van der Waals surface area (Å²) in [5.74, 6) is -2.08. The van der Waals surface area contributed by atoms with Crippen LogP contribution in [0, 0.1) is 0 Å². The molecule has 4 heterocycles. The molecule has 2 aromatic heterocycles. The number of hydrogen-bond acceptors (Lipinski definition) is 20. The van der Waals surface area contributed by atoms with Crippen molar-refractivity contribution in [2.75, 3.05) is 130 Å². The summed E-state index contributed by atoms with van der Waals surface area (Å²) < 4.78 is 36.0. The molecule has 2 aliphatic heterocycles. The Kier molecular flexibility index (Phi) is 30.0. The van der Waals surface area contributed by atoms with Crippen LogP contribution in [0.2, 0.25) is 0 Å². The number of Topliss-reactive ketones (excluding diaryl/α,β-unsaturated/α-hetero) is 1. The Morgan fingerprint density at radius 3 is 1.67 bits per heavy atom. The third-order valence-electron chi connectivity index (χ3n) is 18.8. The maximum atomic E-state index is 13.9. The van der Waals surface area contributed by atoms with E-state index in [1.165, 1.54) is 21.1 Å². The highest BCUT2D eigenvalue weighted by Gasteiger charge is 2.34. The first-order valence-electron chi connectivity index (χ1n) is 37.0. The lowest BCUT2D eigenvalue weighted by Gasteiger charge is -2.29. The number of carbonyl (C=O) groups is 9. The Labute approximate surface area is 639 Å². The summed E-state index contributed by atoms with van der Waals surface area (Å²) in [6.07, 6.45) is 1.59. The SMILES string of the molecule is CCCOCCNC(=O)c1ccc2c(c1)C(COC(=O)NCCN(CCOC(C)=O)CC(=O)NC)c1cc(C(=O)CCCOCCn3nnc4c3-c3ccccc3N(C(=O)CCNC(=O)CCOC)Cc3ccccc3-4)ccc1-2.COCCC(=O)NCCC(=O)N1Cc2ccccc2-c2nnn(C)c2-c2ccccc21. The van der Waals surface area contributed by atoms with E-state index in [0.717, 1.165) is 84.8 Å². The minimum atomic E-state index is -0.694. The Bertz CT molecular complexity index is 4560. The number of anilines is 2. The van der Waals surface area contributed by atoms with Gasteiger partial charge in [0.1, 0.15) is 24.6 Å². The summed E-state index contributed by atoms with van der Waals surface area (Å²) in [6, 6.07) is 42.1. The predicted octanol–water partition coefficient (Wildman–Crippen LogP) is 7.83. The van der Waals surface area contributed by atoms with Gasteiger partial charge in [0.2, 0.25) is 29.5 Å². The first-order valence-corrected chi connectivity index (χ1v) is 37.0. The Balaban J connectivity index is 0.000000343. The van der Waals surface area contributed by atoms with Crippen molar-refractivity contribution >= 4 is 64.7 Å². The van der Waals surface area contributed by atoms with Crippen LogP contribution in [0.5, 0.6) is 0 Å². The van der Waals surface area contributed by atoms with Gasteiger partial charge in [-0.2, -0.15) is 0 Å². The van der Waals surface area contributed by atoms with Crippen LogP contribution in [-0.2, 0) is 83.9 Å². The monoisotopic (exact) mass is 1500 g/mol. The van der Waals surface area contributed by atoms with Gasteiger partial charge in [-0.15, -0.1) is 10.2 Å². The normalized spacial score (nSPS) is 12.7. The van der Waals surface area contributed by atoms with E-state index in [1.807, 2.05) is 129 Å². The second kappa shape index (κ2) is 40.7. The smallest absolute Gasteiger partial charge is 0.407 e. The Morgan fingerprint density at radius 1 is 0.518 bits per heavy atom. The van der Waals surface area contributed by atoms with Gasteiger partial charge in [-0.25, -0.2) is 14.2 Å². The lowest BCUT2D eigenvalue weighted by molar-refractivity contribution is -0.141. The number of benzene rings is 6. The van der Waals surface area contributed by atoms with E-state index >= 15 is 0 Å². The number of amides is 7. The highest BCUT2D eigenvalue weighted by atomic mass is 16.5. The zero-order valence-corrected chi connectivity index (χ0v) is 63.1. The van der Waals surface area contributed by atoms with Gasteiger partial charge >= 0.3 is 12.1 Å². The van der Waals surface area contributed by atoms with Gasteiger partial charge in [0, 0.05) is 159 Å². The molecule has 1 unspecified atom stereocenters. The molecule has 1 aliphatic carbocycles. The molecule has 6 aromatic carbocycles. The Hall–Kier alpha value is -11.4. The molecular formula is C81H96N14O15. The molecule has 0 saturated carbocycles. The minimum absolute atomic E-state index is 0.0336. The van der Waals surface area contributed by atoms with E-state index in [2.05, 4.69) is 47.2 Å². The van der Waals surface area contributed by atoms with Crippen molar-refractivity contribution in [2.45, 2.75) is 84.3 Å². The third-order valence-corrected chi connectivity index (χ3v) is 18.8.